The maximum Gasteiger partial charge on any atom is 0.319 e. The summed E-state index contributed by atoms with van der Waals surface area (Å²) >= 11 is 0. The van der Waals surface area contributed by atoms with Crippen molar-refractivity contribution in [2.75, 3.05) is 25.6 Å². The van der Waals surface area contributed by atoms with Crippen LogP contribution in [0.4, 0.5) is 10.5 Å². The zero-order valence-corrected chi connectivity index (χ0v) is 9.62. The lowest BCUT2D eigenvalue weighted by atomic mass is 10.2. The van der Waals surface area contributed by atoms with Gasteiger partial charge in [0.15, 0.2) is 0 Å². The number of urea groups is 1. The van der Waals surface area contributed by atoms with Gasteiger partial charge in [0, 0.05) is 30.8 Å². The predicted molar refractivity (Wildman–Crippen MR) is 67.2 cm³/mol. The molecule has 0 saturated carbocycles. The van der Waals surface area contributed by atoms with Crippen molar-refractivity contribution in [2.45, 2.75) is 0 Å². The Balaban J connectivity index is 2.01. The molecule has 1 aromatic carbocycles. The van der Waals surface area contributed by atoms with E-state index in [0.717, 1.165) is 16.6 Å². The van der Waals surface area contributed by atoms with Gasteiger partial charge in [0.25, 0.3) is 0 Å². The Bertz CT molecular complexity index is 507. The van der Waals surface area contributed by atoms with Gasteiger partial charge in [-0.05, 0) is 6.07 Å². The number of aromatic amines is 1. The molecule has 0 fully saturated rings. The molecule has 1 aromatic heterocycles. The van der Waals surface area contributed by atoms with E-state index in [1.54, 1.807) is 13.3 Å². The van der Waals surface area contributed by atoms with E-state index in [1.807, 2.05) is 24.3 Å². The monoisotopic (exact) mass is 233 g/mol. The molecule has 0 unspecified atom stereocenters. The lowest BCUT2D eigenvalue weighted by Gasteiger charge is -2.05. The van der Waals surface area contributed by atoms with Crippen LogP contribution in [0.1, 0.15) is 0 Å². The number of carbonyl (C=O) groups excluding carboxylic acids is 1. The molecule has 5 nitrogen and oxygen atoms in total. The largest absolute Gasteiger partial charge is 0.383 e. The maximum absolute atomic E-state index is 11.5. The van der Waals surface area contributed by atoms with Gasteiger partial charge in [-0.1, -0.05) is 18.2 Å². The normalized spacial score (nSPS) is 10.4. The third-order valence-electron chi connectivity index (χ3n) is 2.43. The summed E-state index contributed by atoms with van der Waals surface area (Å²) in [6.45, 7) is 0.992. The number of methoxy groups -OCH3 is 1. The van der Waals surface area contributed by atoms with E-state index >= 15 is 0 Å². The van der Waals surface area contributed by atoms with Crippen LogP contribution in [0.15, 0.2) is 30.5 Å². The Hall–Kier alpha value is -2.01. The number of carbonyl (C=O) groups is 1. The molecule has 0 aliphatic rings. The molecular weight excluding hydrogens is 218 g/mol. The first-order chi connectivity index (χ1) is 8.31. The maximum atomic E-state index is 11.5. The molecule has 2 rings (SSSR count). The van der Waals surface area contributed by atoms with Gasteiger partial charge in [-0.3, -0.25) is 0 Å². The van der Waals surface area contributed by atoms with Crippen molar-refractivity contribution in [3.63, 3.8) is 0 Å². The minimum Gasteiger partial charge on any atom is -0.383 e. The van der Waals surface area contributed by atoms with Gasteiger partial charge in [-0.2, -0.15) is 0 Å². The number of para-hydroxylation sites is 1. The summed E-state index contributed by atoms with van der Waals surface area (Å²) in [5.74, 6) is 0. The highest BCUT2D eigenvalue weighted by Gasteiger charge is 2.05. The first kappa shape index (κ1) is 11.5. The van der Waals surface area contributed by atoms with Crippen LogP contribution in [0.2, 0.25) is 0 Å². The highest BCUT2D eigenvalue weighted by Crippen LogP contribution is 2.22. The fraction of sp³-hybridized carbons (Fsp3) is 0.250. The second kappa shape index (κ2) is 5.36. The molecule has 0 bridgehead atoms. The number of H-pyrrole nitrogens is 1. The number of benzene rings is 1. The van der Waals surface area contributed by atoms with E-state index in [4.69, 9.17) is 4.74 Å². The van der Waals surface area contributed by atoms with Gasteiger partial charge >= 0.3 is 6.03 Å². The first-order valence-corrected chi connectivity index (χ1v) is 5.41. The second-order valence-corrected chi connectivity index (χ2v) is 3.62. The molecule has 3 N–H and O–H groups in total. The molecule has 0 saturated heterocycles. The molecular formula is C12H15N3O2. The van der Waals surface area contributed by atoms with Gasteiger partial charge in [0.2, 0.25) is 0 Å². The van der Waals surface area contributed by atoms with Crippen LogP contribution < -0.4 is 10.6 Å². The highest BCUT2D eigenvalue weighted by atomic mass is 16.5. The molecule has 0 atom stereocenters. The second-order valence-electron chi connectivity index (χ2n) is 3.62. The summed E-state index contributed by atoms with van der Waals surface area (Å²) in [4.78, 5) is 14.6. The van der Waals surface area contributed by atoms with Crippen molar-refractivity contribution in [1.82, 2.24) is 10.3 Å². The van der Waals surface area contributed by atoms with Crippen molar-refractivity contribution in [1.29, 1.82) is 0 Å². The molecule has 0 aliphatic heterocycles. The van der Waals surface area contributed by atoms with E-state index in [9.17, 15) is 4.79 Å². The Morgan fingerprint density at radius 3 is 3.06 bits per heavy atom. The number of ether oxygens (including phenoxy) is 1. The van der Waals surface area contributed by atoms with Crippen LogP contribution in [0.3, 0.4) is 0 Å². The summed E-state index contributed by atoms with van der Waals surface area (Å²) in [6, 6.07) is 7.57. The lowest BCUT2D eigenvalue weighted by Crippen LogP contribution is -2.31. The van der Waals surface area contributed by atoms with Crippen LogP contribution >= 0.6 is 0 Å². The molecule has 90 valence electrons. The number of anilines is 1. The van der Waals surface area contributed by atoms with Crippen molar-refractivity contribution in [2.24, 2.45) is 0 Å². The zero-order valence-electron chi connectivity index (χ0n) is 9.62. The topological polar surface area (TPSA) is 66.2 Å². The number of nitrogens with one attached hydrogen (secondary N) is 3. The number of hydrogen-bond acceptors (Lipinski definition) is 2. The van der Waals surface area contributed by atoms with E-state index in [2.05, 4.69) is 15.6 Å². The van der Waals surface area contributed by atoms with Crippen LogP contribution in [0, 0.1) is 0 Å². The predicted octanol–water partition coefficient (Wildman–Crippen LogP) is 1.94. The molecule has 1 heterocycles. The van der Waals surface area contributed by atoms with Crippen molar-refractivity contribution in [3.8, 4) is 0 Å². The zero-order chi connectivity index (χ0) is 12.1. The molecule has 5 heteroatoms. The summed E-state index contributed by atoms with van der Waals surface area (Å²) in [7, 11) is 1.60. The Morgan fingerprint density at radius 2 is 2.24 bits per heavy atom. The standard InChI is InChI=1S/C12H15N3O2/c1-17-7-6-13-12(16)15-11-8-14-10-5-3-2-4-9(10)11/h2-5,8,14H,6-7H2,1H3,(H2,13,15,16). The summed E-state index contributed by atoms with van der Waals surface area (Å²) in [5, 5.41) is 6.48. The Labute approximate surface area is 99.2 Å². The van der Waals surface area contributed by atoms with Crippen LogP contribution in [-0.2, 0) is 4.74 Å². The first-order valence-electron chi connectivity index (χ1n) is 5.41. The van der Waals surface area contributed by atoms with Crippen molar-refractivity contribution < 1.29 is 9.53 Å². The number of fused-ring (bicyclic) bond motifs is 1. The summed E-state index contributed by atoms with van der Waals surface area (Å²) < 4.78 is 4.85. The minimum atomic E-state index is -0.230. The molecule has 17 heavy (non-hydrogen) atoms. The van der Waals surface area contributed by atoms with E-state index in [1.165, 1.54) is 0 Å². The SMILES string of the molecule is COCCNC(=O)Nc1c[nH]c2ccccc12. The summed E-state index contributed by atoms with van der Waals surface area (Å²) in [6.07, 6.45) is 1.78. The molecule has 0 radical (unpaired) electrons. The summed E-state index contributed by atoms with van der Waals surface area (Å²) in [5.41, 5.74) is 1.77. The van der Waals surface area contributed by atoms with Gasteiger partial charge in [-0.15, -0.1) is 0 Å². The van der Waals surface area contributed by atoms with Crippen LogP contribution in [0.5, 0.6) is 0 Å². The van der Waals surface area contributed by atoms with Gasteiger partial charge in [0.1, 0.15) is 0 Å². The quantitative estimate of drug-likeness (QED) is 0.706. The van der Waals surface area contributed by atoms with Crippen LogP contribution in [-0.4, -0.2) is 31.3 Å². The number of aromatic nitrogens is 1. The minimum absolute atomic E-state index is 0.230. The average molecular weight is 233 g/mol. The lowest BCUT2D eigenvalue weighted by molar-refractivity contribution is 0.198. The highest BCUT2D eigenvalue weighted by molar-refractivity contribution is 6.00. The molecule has 2 amide bonds. The number of rotatable bonds is 4. The van der Waals surface area contributed by atoms with Gasteiger partial charge < -0.3 is 20.4 Å². The number of amides is 2. The fourth-order valence-corrected chi connectivity index (χ4v) is 1.61. The molecule has 2 aromatic rings. The van der Waals surface area contributed by atoms with Crippen LogP contribution in [0.25, 0.3) is 10.9 Å². The fourth-order valence-electron chi connectivity index (χ4n) is 1.61. The van der Waals surface area contributed by atoms with Crippen molar-refractivity contribution in [3.05, 3.63) is 30.5 Å². The third kappa shape index (κ3) is 2.76. The van der Waals surface area contributed by atoms with E-state index < -0.39 is 0 Å². The Kier molecular flexibility index (Phi) is 3.62. The molecule has 0 spiro atoms. The molecule has 0 aliphatic carbocycles. The number of hydrogen-bond donors (Lipinski definition) is 3. The van der Waals surface area contributed by atoms with Gasteiger partial charge in [-0.25, -0.2) is 4.79 Å². The third-order valence-corrected chi connectivity index (χ3v) is 2.43. The smallest absolute Gasteiger partial charge is 0.319 e. The van der Waals surface area contributed by atoms with E-state index in [0.29, 0.717) is 13.2 Å². The average Bonchev–Trinajstić information content (AvgIpc) is 2.73. The Morgan fingerprint density at radius 1 is 1.41 bits per heavy atom. The van der Waals surface area contributed by atoms with E-state index in [-0.39, 0.29) is 6.03 Å². The van der Waals surface area contributed by atoms with Crippen molar-refractivity contribution >= 4 is 22.6 Å². The van der Waals surface area contributed by atoms with Gasteiger partial charge in [0.05, 0.1) is 12.3 Å².